The lowest BCUT2D eigenvalue weighted by Crippen LogP contribution is -2.43. The minimum absolute atomic E-state index is 0.0237. The molecule has 0 aliphatic carbocycles. The van der Waals surface area contributed by atoms with Gasteiger partial charge in [-0.3, -0.25) is 9.59 Å². The fourth-order valence-corrected chi connectivity index (χ4v) is 4.71. The van der Waals surface area contributed by atoms with E-state index in [2.05, 4.69) is 10.4 Å². The van der Waals surface area contributed by atoms with E-state index in [0.717, 1.165) is 22.6 Å². The topological polar surface area (TPSA) is 67.2 Å². The van der Waals surface area contributed by atoms with Crippen LogP contribution in [0.1, 0.15) is 35.4 Å². The summed E-state index contributed by atoms with van der Waals surface area (Å²) in [6.45, 7) is 5.38. The van der Waals surface area contributed by atoms with E-state index in [1.54, 1.807) is 18.2 Å². The lowest BCUT2D eigenvalue weighted by atomic mass is 9.95. The Morgan fingerprint density at radius 2 is 1.77 bits per heavy atom. The molecular weight excluding hydrogens is 467 g/mol. The van der Waals surface area contributed by atoms with Crippen molar-refractivity contribution >= 4 is 23.4 Å². The molecule has 35 heavy (non-hydrogen) atoms. The molecule has 0 bridgehead atoms. The first-order valence-corrected chi connectivity index (χ1v) is 12.3. The molecule has 1 aliphatic heterocycles. The summed E-state index contributed by atoms with van der Waals surface area (Å²) < 4.78 is 15.6. The van der Waals surface area contributed by atoms with E-state index in [4.69, 9.17) is 11.6 Å². The molecular formula is C27H30ClFN4O2. The highest BCUT2D eigenvalue weighted by molar-refractivity contribution is 6.30. The number of carbonyl (C=O) groups excluding carboxylic acids is 2. The first-order chi connectivity index (χ1) is 16.8. The first kappa shape index (κ1) is 24.9. The molecule has 6 nitrogen and oxygen atoms in total. The Hall–Kier alpha value is -3.19. The second-order valence-electron chi connectivity index (χ2n) is 9.00. The van der Waals surface area contributed by atoms with Crippen molar-refractivity contribution in [3.8, 4) is 5.69 Å². The average Bonchev–Trinajstić information content (AvgIpc) is 3.14. The van der Waals surface area contributed by atoms with Crippen molar-refractivity contribution in [2.24, 2.45) is 5.92 Å². The Bertz CT molecular complexity index is 1200. The largest absolute Gasteiger partial charge is 0.356 e. The molecule has 2 heterocycles. The molecule has 4 rings (SSSR count). The standard InChI is InChI=1S/C27H30ClFN4O2/c1-18-24(19(2)33(31-18)23-9-7-22(28)8-10-23)17-26(34)32-15-12-21(13-16-32)27(35)30-14-11-20-5-3-4-6-25(20)29/h3-10,21H,11-17H2,1-2H3,(H,30,35). The van der Waals surface area contributed by atoms with Crippen molar-refractivity contribution < 1.29 is 14.0 Å². The van der Waals surface area contributed by atoms with Crippen LogP contribution in [0.3, 0.4) is 0 Å². The van der Waals surface area contributed by atoms with Gasteiger partial charge in [-0.15, -0.1) is 0 Å². The molecule has 0 saturated carbocycles. The third-order valence-corrected chi connectivity index (χ3v) is 6.96. The molecule has 1 aliphatic rings. The highest BCUT2D eigenvalue weighted by Crippen LogP contribution is 2.23. The second-order valence-corrected chi connectivity index (χ2v) is 9.44. The molecule has 1 saturated heterocycles. The van der Waals surface area contributed by atoms with Crippen molar-refractivity contribution in [3.05, 3.63) is 81.9 Å². The van der Waals surface area contributed by atoms with Crippen LogP contribution in [0.4, 0.5) is 4.39 Å². The smallest absolute Gasteiger partial charge is 0.227 e. The zero-order chi connectivity index (χ0) is 24.9. The molecule has 0 spiro atoms. The molecule has 0 atom stereocenters. The SMILES string of the molecule is Cc1nn(-c2ccc(Cl)cc2)c(C)c1CC(=O)N1CCC(C(=O)NCCc2ccccc2F)CC1. The molecule has 1 fully saturated rings. The van der Waals surface area contributed by atoms with E-state index < -0.39 is 0 Å². The van der Waals surface area contributed by atoms with Gasteiger partial charge in [0.25, 0.3) is 0 Å². The molecule has 1 aromatic heterocycles. The average molecular weight is 497 g/mol. The number of likely N-dealkylation sites (tertiary alicyclic amines) is 1. The van der Waals surface area contributed by atoms with Gasteiger partial charge < -0.3 is 10.2 Å². The number of aromatic nitrogens is 2. The summed E-state index contributed by atoms with van der Waals surface area (Å²) in [7, 11) is 0. The number of aryl methyl sites for hydroxylation is 1. The Labute approximate surface area is 210 Å². The fraction of sp³-hybridized carbons (Fsp3) is 0.370. The lowest BCUT2D eigenvalue weighted by molar-refractivity contribution is -0.135. The van der Waals surface area contributed by atoms with Crippen LogP contribution in [-0.4, -0.2) is 46.1 Å². The molecule has 0 radical (unpaired) electrons. The van der Waals surface area contributed by atoms with Crippen LogP contribution in [0.5, 0.6) is 0 Å². The number of halogens is 2. The summed E-state index contributed by atoms with van der Waals surface area (Å²) in [6.07, 6.45) is 1.99. The van der Waals surface area contributed by atoms with Crippen molar-refractivity contribution in [1.29, 1.82) is 0 Å². The van der Waals surface area contributed by atoms with Gasteiger partial charge in [0, 0.05) is 41.8 Å². The number of piperidine rings is 1. The first-order valence-electron chi connectivity index (χ1n) is 11.9. The van der Waals surface area contributed by atoms with Gasteiger partial charge in [-0.1, -0.05) is 29.8 Å². The van der Waals surface area contributed by atoms with E-state index in [0.29, 0.717) is 49.5 Å². The van der Waals surface area contributed by atoms with Crippen LogP contribution >= 0.6 is 11.6 Å². The van der Waals surface area contributed by atoms with Gasteiger partial charge in [-0.25, -0.2) is 9.07 Å². The normalized spacial score (nSPS) is 14.2. The molecule has 8 heteroatoms. The minimum Gasteiger partial charge on any atom is -0.356 e. The van der Waals surface area contributed by atoms with E-state index in [1.807, 2.05) is 47.7 Å². The molecule has 3 aromatic rings. The predicted octanol–water partition coefficient (Wildman–Crippen LogP) is 4.42. The molecule has 1 N–H and O–H groups in total. The maximum Gasteiger partial charge on any atom is 0.227 e. The Morgan fingerprint density at radius 3 is 2.46 bits per heavy atom. The van der Waals surface area contributed by atoms with E-state index >= 15 is 0 Å². The summed E-state index contributed by atoms with van der Waals surface area (Å²) in [5, 5.41) is 8.21. The summed E-state index contributed by atoms with van der Waals surface area (Å²) >= 11 is 6.00. The maximum atomic E-state index is 13.7. The maximum absolute atomic E-state index is 13.7. The highest BCUT2D eigenvalue weighted by Gasteiger charge is 2.28. The number of hydrogen-bond donors (Lipinski definition) is 1. The Morgan fingerprint density at radius 1 is 1.09 bits per heavy atom. The zero-order valence-electron chi connectivity index (χ0n) is 20.1. The van der Waals surface area contributed by atoms with Gasteiger partial charge >= 0.3 is 0 Å². The predicted molar refractivity (Wildman–Crippen MR) is 134 cm³/mol. The van der Waals surface area contributed by atoms with Crippen molar-refractivity contribution in [3.63, 3.8) is 0 Å². The van der Waals surface area contributed by atoms with Gasteiger partial charge in [-0.05, 0) is 69.0 Å². The van der Waals surface area contributed by atoms with Crippen LogP contribution in [0, 0.1) is 25.6 Å². The Kier molecular flexibility index (Phi) is 7.86. The molecule has 2 amide bonds. The van der Waals surface area contributed by atoms with Crippen molar-refractivity contribution in [2.45, 2.75) is 39.5 Å². The fourth-order valence-electron chi connectivity index (χ4n) is 4.58. The van der Waals surface area contributed by atoms with Crippen molar-refractivity contribution in [1.82, 2.24) is 20.0 Å². The quantitative estimate of drug-likeness (QED) is 0.526. The number of amides is 2. The monoisotopic (exact) mass is 496 g/mol. The van der Waals surface area contributed by atoms with Gasteiger partial charge in [0.1, 0.15) is 5.82 Å². The van der Waals surface area contributed by atoms with E-state index in [1.165, 1.54) is 6.07 Å². The van der Waals surface area contributed by atoms with Gasteiger partial charge in [-0.2, -0.15) is 5.10 Å². The second kappa shape index (κ2) is 11.0. The highest BCUT2D eigenvalue weighted by atomic mass is 35.5. The Balaban J connectivity index is 1.28. The van der Waals surface area contributed by atoms with Crippen LogP contribution in [0.25, 0.3) is 5.69 Å². The zero-order valence-corrected chi connectivity index (χ0v) is 20.8. The van der Waals surface area contributed by atoms with Crippen LogP contribution in [-0.2, 0) is 22.4 Å². The third-order valence-electron chi connectivity index (χ3n) is 6.71. The van der Waals surface area contributed by atoms with Crippen LogP contribution in [0.15, 0.2) is 48.5 Å². The van der Waals surface area contributed by atoms with Crippen LogP contribution in [0.2, 0.25) is 5.02 Å². The minimum atomic E-state index is -0.252. The third kappa shape index (κ3) is 5.90. The number of nitrogens with zero attached hydrogens (tertiary/aromatic N) is 3. The molecule has 0 unspecified atom stereocenters. The summed E-state index contributed by atoms with van der Waals surface area (Å²) in [4.78, 5) is 27.4. The number of nitrogens with one attached hydrogen (secondary N) is 1. The van der Waals surface area contributed by atoms with E-state index in [9.17, 15) is 14.0 Å². The summed E-state index contributed by atoms with van der Waals surface area (Å²) in [5.41, 5.74) is 4.18. The number of hydrogen-bond acceptors (Lipinski definition) is 3. The number of carbonyl (C=O) groups is 2. The van der Waals surface area contributed by atoms with Crippen LogP contribution < -0.4 is 5.32 Å². The van der Waals surface area contributed by atoms with Gasteiger partial charge in [0.2, 0.25) is 11.8 Å². The summed E-state index contributed by atoms with van der Waals surface area (Å²) in [5.74, 6) is -0.358. The molecule has 2 aromatic carbocycles. The van der Waals surface area contributed by atoms with Gasteiger partial charge in [0.05, 0.1) is 17.8 Å². The van der Waals surface area contributed by atoms with Gasteiger partial charge in [0.15, 0.2) is 0 Å². The number of benzene rings is 2. The van der Waals surface area contributed by atoms with Crippen molar-refractivity contribution in [2.75, 3.05) is 19.6 Å². The molecule has 184 valence electrons. The number of rotatable bonds is 7. The summed E-state index contributed by atoms with van der Waals surface area (Å²) in [6, 6.07) is 14.0. The van der Waals surface area contributed by atoms with E-state index in [-0.39, 0.29) is 30.0 Å². The lowest BCUT2D eigenvalue weighted by Gasteiger charge is -2.31.